The molecule has 0 atom stereocenters. The van der Waals surface area contributed by atoms with Gasteiger partial charge in [0.05, 0.1) is 32.8 Å². The summed E-state index contributed by atoms with van der Waals surface area (Å²) in [5.41, 5.74) is 3.71. The lowest BCUT2D eigenvalue weighted by Crippen LogP contribution is -2.36. The van der Waals surface area contributed by atoms with Crippen LogP contribution in [0.5, 0.6) is 17.2 Å². The number of benzene rings is 3. The van der Waals surface area contributed by atoms with E-state index in [1.54, 1.807) is 26.4 Å². The third-order valence-electron chi connectivity index (χ3n) is 7.20. The van der Waals surface area contributed by atoms with Crippen molar-refractivity contribution in [3.8, 4) is 17.2 Å². The fraction of sp³-hybridized carbons (Fsp3) is 0.344. The summed E-state index contributed by atoms with van der Waals surface area (Å²) in [5, 5.41) is 0.558. The summed E-state index contributed by atoms with van der Waals surface area (Å²) < 4.78 is 28.6. The van der Waals surface area contributed by atoms with Crippen molar-refractivity contribution in [1.29, 1.82) is 0 Å². The molecular formula is C32H36N2O6. The molecule has 1 aliphatic rings. The second kappa shape index (κ2) is 12.9. The topological polar surface area (TPSA) is 73.6 Å². The van der Waals surface area contributed by atoms with E-state index in [0.717, 1.165) is 30.2 Å². The molecule has 2 heterocycles. The first kappa shape index (κ1) is 27.6. The molecule has 210 valence electrons. The molecule has 0 N–H and O–H groups in total. The summed E-state index contributed by atoms with van der Waals surface area (Å²) in [4.78, 5) is 17.2. The molecule has 0 bridgehead atoms. The van der Waals surface area contributed by atoms with E-state index in [1.165, 1.54) is 11.1 Å². The number of anilines is 1. The number of methoxy groups -OCH3 is 2. The Kier molecular flexibility index (Phi) is 8.88. The van der Waals surface area contributed by atoms with Gasteiger partial charge in [-0.15, -0.1) is 0 Å². The molecule has 0 spiro atoms. The SMILES string of the molecule is COc1ccc(CN(CCOc2ccc3c(=O)cc(N4CCOCC4)oc3c2C)Cc2ccc(OC)cc2)cc1. The molecule has 8 heteroatoms. The first-order valence-corrected chi connectivity index (χ1v) is 13.5. The van der Waals surface area contributed by atoms with Gasteiger partial charge in [-0.25, -0.2) is 0 Å². The molecule has 4 aromatic rings. The van der Waals surface area contributed by atoms with Crippen LogP contribution in [0, 0.1) is 6.92 Å². The molecule has 0 aliphatic carbocycles. The molecule has 0 unspecified atom stereocenters. The highest BCUT2D eigenvalue weighted by Crippen LogP contribution is 2.29. The van der Waals surface area contributed by atoms with E-state index < -0.39 is 0 Å². The van der Waals surface area contributed by atoms with Gasteiger partial charge in [0.15, 0.2) is 11.3 Å². The molecule has 1 aromatic heterocycles. The smallest absolute Gasteiger partial charge is 0.200 e. The summed E-state index contributed by atoms with van der Waals surface area (Å²) in [7, 11) is 3.34. The number of aryl methyl sites for hydroxylation is 1. The van der Waals surface area contributed by atoms with Crippen LogP contribution in [0.4, 0.5) is 5.88 Å². The molecule has 1 fully saturated rings. The Morgan fingerprint density at radius 2 is 1.45 bits per heavy atom. The van der Waals surface area contributed by atoms with E-state index in [-0.39, 0.29) is 5.43 Å². The zero-order valence-corrected chi connectivity index (χ0v) is 23.4. The molecule has 0 amide bonds. The van der Waals surface area contributed by atoms with Gasteiger partial charge in [-0.05, 0) is 54.4 Å². The van der Waals surface area contributed by atoms with Crippen LogP contribution in [0.1, 0.15) is 16.7 Å². The van der Waals surface area contributed by atoms with Crippen molar-refractivity contribution in [3.05, 3.63) is 93.6 Å². The molecule has 0 radical (unpaired) electrons. The van der Waals surface area contributed by atoms with Crippen molar-refractivity contribution in [3.63, 3.8) is 0 Å². The standard InChI is InChI=1S/C32H36N2O6/c1-23-30(13-12-28-29(35)20-31(40-32(23)28)34-15-17-38-18-16-34)39-19-14-33(21-24-4-8-26(36-2)9-5-24)22-25-6-10-27(37-3)11-7-25/h4-13,20H,14-19,21-22H2,1-3H3. The number of hydrogen-bond acceptors (Lipinski definition) is 8. The van der Waals surface area contributed by atoms with E-state index >= 15 is 0 Å². The second-order valence-corrected chi connectivity index (χ2v) is 9.87. The third kappa shape index (κ3) is 6.58. The number of rotatable bonds is 11. The van der Waals surface area contributed by atoms with Crippen LogP contribution < -0.4 is 24.5 Å². The average Bonchev–Trinajstić information content (AvgIpc) is 2.99. The molecule has 5 rings (SSSR count). The lowest BCUT2D eigenvalue weighted by Gasteiger charge is -2.27. The number of morpholine rings is 1. The molecule has 1 saturated heterocycles. The molecule has 0 saturated carbocycles. The first-order valence-electron chi connectivity index (χ1n) is 13.5. The normalized spacial score (nSPS) is 13.6. The van der Waals surface area contributed by atoms with Crippen molar-refractivity contribution in [2.75, 3.05) is 58.6 Å². The molecule has 1 aliphatic heterocycles. The van der Waals surface area contributed by atoms with Crippen molar-refractivity contribution in [2.45, 2.75) is 20.0 Å². The summed E-state index contributed by atoms with van der Waals surface area (Å²) in [6.07, 6.45) is 0. The van der Waals surface area contributed by atoms with Gasteiger partial charge in [0.25, 0.3) is 0 Å². The minimum absolute atomic E-state index is 0.0532. The zero-order valence-electron chi connectivity index (χ0n) is 23.4. The van der Waals surface area contributed by atoms with E-state index in [0.29, 0.717) is 62.1 Å². The number of ether oxygens (including phenoxy) is 4. The Morgan fingerprint density at radius 1 is 0.850 bits per heavy atom. The minimum atomic E-state index is -0.0532. The molecule has 8 nitrogen and oxygen atoms in total. The lowest BCUT2D eigenvalue weighted by atomic mass is 10.1. The highest BCUT2D eigenvalue weighted by molar-refractivity contribution is 5.82. The van der Waals surface area contributed by atoms with Gasteiger partial charge >= 0.3 is 0 Å². The highest BCUT2D eigenvalue weighted by Gasteiger charge is 2.18. The van der Waals surface area contributed by atoms with Gasteiger partial charge < -0.3 is 28.3 Å². The maximum Gasteiger partial charge on any atom is 0.200 e. The van der Waals surface area contributed by atoms with Crippen molar-refractivity contribution < 1.29 is 23.4 Å². The van der Waals surface area contributed by atoms with E-state index in [2.05, 4.69) is 29.2 Å². The molecular weight excluding hydrogens is 508 g/mol. The second-order valence-electron chi connectivity index (χ2n) is 9.87. The fourth-order valence-corrected chi connectivity index (χ4v) is 4.90. The summed E-state index contributed by atoms with van der Waals surface area (Å²) >= 11 is 0. The largest absolute Gasteiger partial charge is 0.497 e. The predicted octanol–water partition coefficient (Wildman–Crippen LogP) is 5.04. The van der Waals surface area contributed by atoms with Gasteiger partial charge in [-0.1, -0.05) is 24.3 Å². The third-order valence-corrected chi connectivity index (χ3v) is 7.20. The van der Waals surface area contributed by atoms with E-state index in [9.17, 15) is 4.79 Å². The fourth-order valence-electron chi connectivity index (χ4n) is 4.90. The summed E-state index contributed by atoms with van der Waals surface area (Å²) in [6.45, 7) is 7.27. The van der Waals surface area contributed by atoms with E-state index in [4.69, 9.17) is 23.4 Å². The quantitative estimate of drug-likeness (QED) is 0.260. The van der Waals surface area contributed by atoms with Crippen molar-refractivity contribution >= 4 is 16.9 Å². The monoisotopic (exact) mass is 544 g/mol. The Labute approximate surface area is 234 Å². The highest BCUT2D eigenvalue weighted by atomic mass is 16.5. The van der Waals surface area contributed by atoms with E-state index in [1.807, 2.05) is 42.2 Å². The summed E-state index contributed by atoms with van der Waals surface area (Å²) in [5.74, 6) is 2.96. The van der Waals surface area contributed by atoms with Crippen LogP contribution >= 0.6 is 0 Å². The first-order chi connectivity index (χ1) is 19.5. The molecule has 3 aromatic carbocycles. The zero-order chi connectivity index (χ0) is 27.9. The van der Waals surface area contributed by atoms with Crippen LogP contribution in [-0.4, -0.2) is 58.6 Å². The van der Waals surface area contributed by atoms with Crippen molar-refractivity contribution in [2.24, 2.45) is 0 Å². The van der Waals surface area contributed by atoms with Crippen LogP contribution in [0.25, 0.3) is 11.0 Å². The van der Waals surface area contributed by atoms with Gasteiger partial charge in [0.1, 0.15) is 29.4 Å². The molecule has 40 heavy (non-hydrogen) atoms. The van der Waals surface area contributed by atoms with Crippen molar-refractivity contribution in [1.82, 2.24) is 4.90 Å². The average molecular weight is 545 g/mol. The maximum atomic E-state index is 12.9. The van der Waals surface area contributed by atoms with Crippen LogP contribution in [-0.2, 0) is 17.8 Å². The Bertz CT molecular complexity index is 1410. The lowest BCUT2D eigenvalue weighted by molar-refractivity contribution is 0.121. The minimum Gasteiger partial charge on any atom is -0.497 e. The van der Waals surface area contributed by atoms with Crippen LogP contribution in [0.2, 0.25) is 0 Å². The predicted molar refractivity (Wildman–Crippen MR) is 156 cm³/mol. The summed E-state index contributed by atoms with van der Waals surface area (Å²) in [6, 6.07) is 21.5. The van der Waals surface area contributed by atoms with Gasteiger partial charge in [0, 0.05) is 44.4 Å². The maximum absolute atomic E-state index is 12.9. The van der Waals surface area contributed by atoms with Crippen LogP contribution in [0.15, 0.2) is 75.9 Å². The van der Waals surface area contributed by atoms with Gasteiger partial charge in [-0.2, -0.15) is 0 Å². The van der Waals surface area contributed by atoms with Gasteiger partial charge in [0.2, 0.25) is 0 Å². The Balaban J connectivity index is 1.31. The van der Waals surface area contributed by atoms with Crippen LogP contribution in [0.3, 0.4) is 0 Å². The van der Waals surface area contributed by atoms with Gasteiger partial charge in [-0.3, -0.25) is 9.69 Å². The number of fused-ring (bicyclic) bond motifs is 1. The Hall–Kier alpha value is -4.01. The number of hydrogen-bond donors (Lipinski definition) is 0. The Morgan fingerprint density at radius 3 is 2.02 bits per heavy atom. The number of nitrogens with zero attached hydrogens (tertiary/aromatic N) is 2.